The minimum Gasteiger partial charge on any atom is -0.480 e. The van der Waals surface area contributed by atoms with Crippen LogP contribution in [0.3, 0.4) is 0 Å². The summed E-state index contributed by atoms with van der Waals surface area (Å²) < 4.78 is 16.4. The second-order valence-corrected chi connectivity index (χ2v) is 8.85. The van der Waals surface area contributed by atoms with Crippen LogP contribution in [0.15, 0.2) is 12.1 Å². The summed E-state index contributed by atoms with van der Waals surface area (Å²) >= 11 is 0. The topological polar surface area (TPSA) is 94.1 Å². The lowest BCUT2D eigenvalue weighted by molar-refractivity contribution is -0.139. The molecule has 0 N–H and O–H groups in total. The number of aromatic nitrogens is 2. The van der Waals surface area contributed by atoms with Crippen molar-refractivity contribution in [1.82, 2.24) is 20.0 Å². The molecule has 0 aliphatic carbocycles. The molecular weight excluding hydrogens is 388 g/mol. The first-order chi connectivity index (χ1) is 14.2. The van der Waals surface area contributed by atoms with Gasteiger partial charge in [0.25, 0.3) is 0 Å². The summed E-state index contributed by atoms with van der Waals surface area (Å²) in [6.07, 6.45) is 2.82. The average molecular weight is 421 g/mol. The fraction of sp³-hybridized carbons (Fsp3) is 0.714. The second kappa shape index (κ2) is 9.49. The maximum absolute atomic E-state index is 13.1. The summed E-state index contributed by atoms with van der Waals surface area (Å²) in [5.74, 6) is 0.724. The van der Waals surface area contributed by atoms with Gasteiger partial charge >= 0.3 is 6.09 Å². The molecule has 2 aliphatic heterocycles. The largest absolute Gasteiger partial charge is 0.480 e. The highest BCUT2D eigenvalue weighted by Gasteiger charge is 2.35. The van der Waals surface area contributed by atoms with Gasteiger partial charge in [0.15, 0.2) is 0 Å². The van der Waals surface area contributed by atoms with E-state index in [1.54, 1.807) is 17.0 Å². The molecule has 2 fully saturated rings. The zero-order valence-electron chi connectivity index (χ0n) is 18.3. The monoisotopic (exact) mass is 420 g/mol. The van der Waals surface area contributed by atoms with Gasteiger partial charge in [-0.3, -0.25) is 4.79 Å². The zero-order chi connectivity index (χ0) is 21.7. The Morgan fingerprint density at radius 1 is 1.00 bits per heavy atom. The van der Waals surface area contributed by atoms with E-state index in [-0.39, 0.29) is 24.0 Å². The van der Waals surface area contributed by atoms with Crippen LogP contribution in [0.4, 0.5) is 4.79 Å². The van der Waals surface area contributed by atoms with Crippen LogP contribution in [-0.2, 0) is 9.53 Å². The summed E-state index contributed by atoms with van der Waals surface area (Å²) in [7, 11) is 1.53. The summed E-state index contributed by atoms with van der Waals surface area (Å²) in [5.41, 5.74) is -0.546. The molecule has 2 saturated heterocycles. The molecule has 30 heavy (non-hydrogen) atoms. The van der Waals surface area contributed by atoms with E-state index >= 15 is 0 Å². The number of carbonyl (C=O) groups is 2. The summed E-state index contributed by atoms with van der Waals surface area (Å²) in [5, 5.41) is 7.92. The fourth-order valence-electron chi connectivity index (χ4n) is 3.81. The molecule has 0 saturated carbocycles. The number of carbonyl (C=O) groups excluding carboxylic acids is 2. The first-order valence-corrected chi connectivity index (χ1v) is 10.6. The Bertz CT molecular complexity index is 734. The Hall–Kier alpha value is -2.58. The van der Waals surface area contributed by atoms with E-state index in [4.69, 9.17) is 14.2 Å². The Kier molecular flexibility index (Phi) is 6.99. The molecule has 2 aliphatic rings. The molecule has 3 heterocycles. The van der Waals surface area contributed by atoms with Crippen molar-refractivity contribution in [2.75, 3.05) is 33.3 Å². The highest BCUT2D eigenvalue weighted by molar-refractivity contribution is 5.80. The summed E-state index contributed by atoms with van der Waals surface area (Å²) in [6.45, 7) is 7.78. The van der Waals surface area contributed by atoms with Crippen molar-refractivity contribution in [3.8, 4) is 11.8 Å². The molecule has 0 spiro atoms. The highest BCUT2D eigenvalue weighted by atomic mass is 16.6. The third kappa shape index (κ3) is 5.96. The molecule has 0 radical (unpaired) electrons. The maximum Gasteiger partial charge on any atom is 0.410 e. The van der Waals surface area contributed by atoms with Crippen LogP contribution >= 0.6 is 0 Å². The predicted molar refractivity (Wildman–Crippen MR) is 109 cm³/mol. The van der Waals surface area contributed by atoms with Crippen molar-refractivity contribution < 1.29 is 23.8 Å². The molecule has 2 amide bonds. The number of nitrogens with zero attached hydrogens (tertiary/aromatic N) is 4. The van der Waals surface area contributed by atoms with E-state index in [2.05, 4.69) is 10.2 Å². The maximum atomic E-state index is 13.1. The standard InChI is InChI=1S/C21H32N4O5/c1-21(2,3)30-20(27)25-12-5-7-15(13-25)19(26)24-11-6-8-16(14-24)29-18-10-9-17(28-4)22-23-18/h9-10,15-16H,5-8,11-14H2,1-4H3. The van der Waals surface area contributed by atoms with Gasteiger partial charge in [-0.1, -0.05) is 0 Å². The predicted octanol–water partition coefficient (Wildman–Crippen LogP) is 2.50. The SMILES string of the molecule is COc1ccc(OC2CCCN(C(=O)C3CCCN(C(=O)OC(C)(C)C)C3)C2)nn1. The van der Waals surface area contributed by atoms with Crippen molar-refractivity contribution in [3.05, 3.63) is 12.1 Å². The number of piperidine rings is 2. The van der Waals surface area contributed by atoms with Gasteiger partial charge in [0.2, 0.25) is 17.7 Å². The van der Waals surface area contributed by atoms with E-state index in [9.17, 15) is 9.59 Å². The van der Waals surface area contributed by atoms with Gasteiger partial charge in [0.1, 0.15) is 11.7 Å². The molecule has 2 unspecified atom stereocenters. The molecule has 9 heteroatoms. The number of methoxy groups -OCH3 is 1. The smallest absolute Gasteiger partial charge is 0.410 e. The van der Waals surface area contributed by atoms with Crippen LogP contribution in [0.1, 0.15) is 46.5 Å². The van der Waals surface area contributed by atoms with Gasteiger partial charge in [0, 0.05) is 31.8 Å². The van der Waals surface area contributed by atoms with Gasteiger partial charge in [0.05, 0.1) is 19.6 Å². The Morgan fingerprint density at radius 2 is 1.67 bits per heavy atom. The van der Waals surface area contributed by atoms with E-state index in [0.29, 0.717) is 37.9 Å². The van der Waals surface area contributed by atoms with Crippen LogP contribution in [0, 0.1) is 5.92 Å². The van der Waals surface area contributed by atoms with E-state index in [1.807, 2.05) is 25.7 Å². The number of ether oxygens (including phenoxy) is 3. The molecule has 0 bridgehead atoms. The molecule has 166 valence electrons. The molecule has 3 rings (SSSR count). The van der Waals surface area contributed by atoms with Crippen molar-refractivity contribution in [1.29, 1.82) is 0 Å². The van der Waals surface area contributed by atoms with Crippen LogP contribution in [0.25, 0.3) is 0 Å². The van der Waals surface area contributed by atoms with Crippen molar-refractivity contribution >= 4 is 12.0 Å². The molecular formula is C21H32N4O5. The van der Waals surface area contributed by atoms with Gasteiger partial charge in [-0.25, -0.2) is 4.79 Å². The third-order valence-electron chi connectivity index (χ3n) is 5.22. The Morgan fingerprint density at radius 3 is 2.33 bits per heavy atom. The summed E-state index contributed by atoms with van der Waals surface area (Å²) in [4.78, 5) is 29.0. The molecule has 9 nitrogen and oxygen atoms in total. The lowest BCUT2D eigenvalue weighted by atomic mass is 9.95. The average Bonchev–Trinajstić information content (AvgIpc) is 2.73. The summed E-state index contributed by atoms with van der Waals surface area (Å²) in [6, 6.07) is 3.41. The minimum absolute atomic E-state index is 0.0809. The van der Waals surface area contributed by atoms with Crippen LogP contribution < -0.4 is 9.47 Å². The van der Waals surface area contributed by atoms with Crippen molar-refractivity contribution in [2.24, 2.45) is 5.92 Å². The minimum atomic E-state index is -0.546. The fourth-order valence-corrected chi connectivity index (χ4v) is 3.81. The van der Waals surface area contributed by atoms with E-state index in [0.717, 1.165) is 25.7 Å². The molecule has 0 aromatic carbocycles. The first kappa shape index (κ1) is 22.1. The van der Waals surface area contributed by atoms with Crippen LogP contribution in [0.5, 0.6) is 11.8 Å². The normalized spacial score (nSPS) is 22.4. The molecule has 1 aromatic rings. The first-order valence-electron chi connectivity index (χ1n) is 10.6. The second-order valence-electron chi connectivity index (χ2n) is 8.85. The number of rotatable bonds is 4. The highest BCUT2D eigenvalue weighted by Crippen LogP contribution is 2.24. The van der Waals surface area contributed by atoms with Gasteiger partial charge < -0.3 is 24.0 Å². The van der Waals surface area contributed by atoms with Crippen LogP contribution in [-0.4, -0.2) is 77.0 Å². The van der Waals surface area contributed by atoms with Crippen molar-refractivity contribution in [3.63, 3.8) is 0 Å². The van der Waals surface area contributed by atoms with Crippen molar-refractivity contribution in [2.45, 2.75) is 58.2 Å². The Labute approximate surface area is 177 Å². The van der Waals surface area contributed by atoms with E-state index < -0.39 is 5.60 Å². The quantitative estimate of drug-likeness (QED) is 0.739. The zero-order valence-corrected chi connectivity index (χ0v) is 18.3. The third-order valence-corrected chi connectivity index (χ3v) is 5.22. The molecule has 1 aromatic heterocycles. The number of hydrogen-bond acceptors (Lipinski definition) is 7. The van der Waals surface area contributed by atoms with E-state index in [1.165, 1.54) is 7.11 Å². The number of amides is 2. The lowest BCUT2D eigenvalue weighted by Gasteiger charge is -2.38. The molecule has 2 atom stereocenters. The van der Waals surface area contributed by atoms with Gasteiger partial charge in [-0.05, 0) is 46.5 Å². The number of likely N-dealkylation sites (tertiary alicyclic amines) is 2. The lowest BCUT2D eigenvalue weighted by Crippen LogP contribution is -2.51. The van der Waals surface area contributed by atoms with Crippen LogP contribution in [0.2, 0.25) is 0 Å². The number of hydrogen-bond donors (Lipinski definition) is 0. The van der Waals surface area contributed by atoms with Gasteiger partial charge in [-0.15, -0.1) is 10.2 Å². The van der Waals surface area contributed by atoms with Gasteiger partial charge in [-0.2, -0.15) is 0 Å². The Balaban J connectivity index is 1.55.